The highest BCUT2D eigenvalue weighted by Crippen LogP contribution is 2.12. The number of anilines is 1. The third kappa shape index (κ3) is 2.61. The third-order valence-corrected chi connectivity index (χ3v) is 3.63. The molecular weight excluding hydrogens is 283 g/mol. The van der Waals surface area contributed by atoms with Gasteiger partial charge in [-0.05, 0) is 29.8 Å². The van der Waals surface area contributed by atoms with E-state index >= 15 is 0 Å². The van der Waals surface area contributed by atoms with E-state index in [2.05, 4.69) is 16.0 Å². The van der Waals surface area contributed by atoms with Gasteiger partial charge in [-0.2, -0.15) is 0 Å². The predicted octanol–water partition coefficient (Wildman–Crippen LogP) is -0.304. The summed E-state index contributed by atoms with van der Waals surface area (Å²) >= 11 is 5.25. The molecular formula is C14H13BN4OS. The number of hydrogen-bond acceptors (Lipinski definition) is 3. The zero-order valence-electron chi connectivity index (χ0n) is 11.1. The monoisotopic (exact) mass is 296 g/mol. The van der Waals surface area contributed by atoms with Crippen LogP contribution in [-0.2, 0) is 0 Å². The van der Waals surface area contributed by atoms with Gasteiger partial charge < -0.3 is 10.5 Å². The molecule has 0 spiro atoms. The second-order valence-electron chi connectivity index (χ2n) is 4.72. The van der Waals surface area contributed by atoms with E-state index in [9.17, 15) is 4.79 Å². The van der Waals surface area contributed by atoms with Crippen molar-refractivity contribution in [2.75, 3.05) is 5.32 Å². The smallest absolute Gasteiger partial charge is 0.324 e. The van der Waals surface area contributed by atoms with E-state index in [1.165, 1.54) is 0 Å². The molecule has 0 atom stereocenters. The second kappa shape index (κ2) is 5.55. The van der Waals surface area contributed by atoms with Crippen molar-refractivity contribution >= 4 is 46.7 Å². The highest BCUT2D eigenvalue weighted by Gasteiger charge is 2.28. The zero-order chi connectivity index (χ0) is 14.8. The lowest BCUT2D eigenvalue weighted by atomic mass is 9.49. The maximum absolute atomic E-state index is 11.6. The van der Waals surface area contributed by atoms with Crippen LogP contribution in [0.15, 0.2) is 48.5 Å². The number of benzene rings is 2. The largest absolute Gasteiger partial charge is 0.397 e. The molecule has 0 bridgehead atoms. The maximum atomic E-state index is 11.6. The van der Waals surface area contributed by atoms with Gasteiger partial charge in [0.2, 0.25) is 0 Å². The van der Waals surface area contributed by atoms with Crippen molar-refractivity contribution in [1.82, 2.24) is 10.7 Å². The van der Waals surface area contributed by atoms with Crippen LogP contribution < -0.4 is 32.7 Å². The number of fused-ring (bicyclic) bond motifs is 1. The molecule has 0 aliphatic carbocycles. The Morgan fingerprint density at radius 1 is 1.19 bits per heavy atom. The van der Waals surface area contributed by atoms with E-state index in [-0.39, 0.29) is 12.8 Å². The summed E-state index contributed by atoms with van der Waals surface area (Å²) in [4.78, 5) is 11.6. The summed E-state index contributed by atoms with van der Waals surface area (Å²) in [6, 6.07) is 15.4. The topological polar surface area (TPSA) is 79.2 Å². The molecule has 21 heavy (non-hydrogen) atoms. The molecule has 0 saturated carbocycles. The molecule has 1 heterocycles. The highest BCUT2D eigenvalue weighted by molar-refractivity contribution is 7.80. The molecule has 7 heteroatoms. The van der Waals surface area contributed by atoms with E-state index in [0.29, 0.717) is 10.7 Å². The van der Waals surface area contributed by atoms with E-state index in [0.717, 1.165) is 16.6 Å². The molecule has 1 aliphatic heterocycles. The van der Waals surface area contributed by atoms with Gasteiger partial charge in [-0.15, -0.1) is 0 Å². The fraction of sp³-hybridized carbons (Fsp3) is 0. The first kappa shape index (κ1) is 13.6. The van der Waals surface area contributed by atoms with E-state index < -0.39 is 0 Å². The Kier molecular flexibility index (Phi) is 3.59. The fourth-order valence-electron chi connectivity index (χ4n) is 2.42. The van der Waals surface area contributed by atoms with E-state index in [4.69, 9.17) is 18.1 Å². The van der Waals surface area contributed by atoms with Crippen LogP contribution in [0.5, 0.6) is 0 Å². The van der Waals surface area contributed by atoms with Crippen LogP contribution in [0.3, 0.4) is 0 Å². The number of nitrogen functional groups attached to an aromatic ring is 1. The quantitative estimate of drug-likeness (QED) is 0.201. The summed E-state index contributed by atoms with van der Waals surface area (Å²) in [5.41, 5.74) is 5.57. The molecule has 0 fully saturated rings. The lowest BCUT2D eigenvalue weighted by Crippen LogP contribution is -2.61. The molecule has 1 amide bonds. The van der Waals surface area contributed by atoms with Crippen LogP contribution in [0.4, 0.5) is 5.69 Å². The number of carbonyl (C=O) groups excluding carboxylic acids is 1. The predicted molar refractivity (Wildman–Crippen MR) is 88.9 cm³/mol. The normalized spacial score (nSPS) is 13.0. The van der Waals surface area contributed by atoms with Gasteiger partial charge in [-0.25, -0.2) is 5.84 Å². The Hall–Kier alpha value is -2.38. The minimum absolute atomic E-state index is 0.0371. The van der Waals surface area contributed by atoms with Gasteiger partial charge >= 0.3 is 6.85 Å². The molecule has 1 aliphatic rings. The Balaban J connectivity index is 2.05. The van der Waals surface area contributed by atoms with Crippen molar-refractivity contribution in [3.8, 4) is 0 Å². The fourth-order valence-corrected chi connectivity index (χ4v) is 2.64. The van der Waals surface area contributed by atoms with Crippen LogP contribution in [0.2, 0.25) is 0 Å². The van der Waals surface area contributed by atoms with Gasteiger partial charge in [0.15, 0.2) is 5.11 Å². The summed E-state index contributed by atoms with van der Waals surface area (Å²) in [6.07, 6.45) is 0. The van der Waals surface area contributed by atoms with Gasteiger partial charge in [0, 0.05) is 11.3 Å². The molecule has 0 unspecified atom stereocenters. The van der Waals surface area contributed by atoms with Gasteiger partial charge in [0.05, 0.1) is 0 Å². The van der Waals surface area contributed by atoms with Gasteiger partial charge in [0.1, 0.15) is 0 Å². The van der Waals surface area contributed by atoms with Crippen LogP contribution in [-0.4, -0.2) is 17.9 Å². The first-order valence-corrected chi connectivity index (χ1v) is 6.87. The molecule has 3 rings (SSSR count). The van der Waals surface area contributed by atoms with Crippen molar-refractivity contribution < 1.29 is 4.79 Å². The Bertz CT molecular complexity index is 707. The van der Waals surface area contributed by atoms with Crippen molar-refractivity contribution in [2.24, 2.45) is 5.84 Å². The average molecular weight is 296 g/mol. The lowest BCUT2D eigenvalue weighted by molar-refractivity contribution is 0.0953. The van der Waals surface area contributed by atoms with Gasteiger partial charge in [0.25, 0.3) is 5.91 Å². The first-order valence-electron chi connectivity index (χ1n) is 6.46. The summed E-state index contributed by atoms with van der Waals surface area (Å²) < 4.78 is 0. The zero-order valence-corrected chi connectivity index (χ0v) is 11.9. The second-order valence-corrected chi connectivity index (χ2v) is 5.13. The first-order chi connectivity index (χ1) is 10.2. The Morgan fingerprint density at radius 3 is 2.67 bits per heavy atom. The number of hydrazine groups is 1. The van der Waals surface area contributed by atoms with Crippen LogP contribution >= 0.6 is 12.2 Å². The molecule has 0 radical (unpaired) electrons. The number of nitrogens with one attached hydrogen (secondary N) is 3. The highest BCUT2D eigenvalue weighted by atomic mass is 32.1. The van der Waals surface area contributed by atoms with E-state index in [1.54, 1.807) is 12.1 Å². The SMILES string of the molecule is NNC(=O)c1ccc2c(c1)NC(=S)NB2c1ccccc1. The number of thiocarbonyl (C=S) groups is 1. The number of carbonyl (C=O) groups is 1. The van der Waals surface area contributed by atoms with Crippen molar-refractivity contribution in [3.05, 3.63) is 54.1 Å². The minimum atomic E-state index is -0.333. The molecule has 5 nitrogen and oxygen atoms in total. The lowest BCUT2D eigenvalue weighted by Gasteiger charge is -2.27. The molecule has 2 aromatic rings. The van der Waals surface area contributed by atoms with Crippen molar-refractivity contribution in [2.45, 2.75) is 0 Å². The number of amides is 1. The number of hydrogen-bond donors (Lipinski definition) is 4. The molecule has 0 saturated heterocycles. The summed E-state index contributed by atoms with van der Waals surface area (Å²) in [5, 5.41) is 6.85. The molecule has 2 aromatic carbocycles. The summed E-state index contributed by atoms with van der Waals surface area (Å²) in [6.45, 7) is -0.0371. The van der Waals surface area contributed by atoms with Crippen molar-refractivity contribution in [3.63, 3.8) is 0 Å². The minimum Gasteiger partial charge on any atom is -0.397 e. The summed E-state index contributed by atoms with van der Waals surface area (Å²) in [5.74, 6) is 4.83. The molecule has 104 valence electrons. The Morgan fingerprint density at radius 2 is 1.95 bits per heavy atom. The molecule has 0 aromatic heterocycles. The van der Waals surface area contributed by atoms with Gasteiger partial charge in [-0.3, -0.25) is 10.2 Å². The number of nitrogens with two attached hydrogens (primary N) is 1. The maximum Gasteiger partial charge on any atom is 0.324 e. The van der Waals surface area contributed by atoms with Gasteiger partial charge in [-0.1, -0.05) is 41.9 Å². The van der Waals surface area contributed by atoms with Crippen molar-refractivity contribution in [1.29, 1.82) is 0 Å². The average Bonchev–Trinajstić information content (AvgIpc) is 2.53. The Labute approximate surface area is 128 Å². The third-order valence-electron chi connectivity index (χ3n) is 3.41. The van der Waals surface area contributed by atoms with E-state index in [1.807, 2.05) is 36.4 Å². The van der Waals surface area contributed by atoms with Crippen LogP contribution in [0.25, 0.3) is 0 Å². The van der Waals surface area contributed by atoms with Crippen LogP contribution in [0, 0.1) is 0 Å². The standard InChI is InChI=1S/C14H13BN4OS/c16-19-13(20)9-6-7-11-12(8-9)17-14(21)18-15(11)10-4-2-1-3-5-10/h1-8H,16H2,(H,19,20)(H2,17,18,21). The molecule has 5 N–H and O–H groups in total. The summed E-state index contributed by atoms with van der Waals surface area (Å²) in [7, 11) is 0. The number of rotatable bonds is 2. The van der Waals surface area contributed by atoms with Crippen LogP contribution in [0.1, 0.15) is 10.4 Å².